The summed E-state index contributed by atoms with van der Waals surface area (Å²) in [6.07, 6.45) is -4.76. The molecule has 0 saturated carbocycles. The Morgan fingerprint density at radius 1 is 0.667 bits per heavy atom. The molecule has 0 amide bonds. The second-order valence-electron chi connectivity index (χ2n) is 11.4. The van der Waals surface area contributed by atoms with Crippen molar-refractivity contribution in [2.45, 2.75) is 106 Å². The molecule has 238 valence electrons. The summed E-state index contributed by atoms with van der Waals surface area (Å²) in [4.78, 5) is 48.8. The number of ether oxygens (including phenoxy) is 6. The van der Waals surface area contributed by atoms with Crippen molar-refractivity contribution in [1.29, 1.82) is 0 Å². The summed E-state index contributed by atoms with van der Waals surface area (Å²) in [5.74, 6) is -1.22. The van der Waals surface area contributed by atoms with Crippen LogP contribution in [0.4, 0.5) is 14.4 Å². The van der Waals surface area contributed by atoms with Gasteiger partial charge in [-0.3, -0.25) is 4.79 Å². The minimum atomic E-state index is -1.16. The van der Waals surface area contributed by atoms with E-state index in [0.717, 1.165) is 0 Å². The van der Waals surface area contributed by atoms with Gasteiger partial charge in [-0.15, -0.1) is 0 Å². The van der Waals surface area contributed by atoms with E-state index in [0.29, 0.717) is 5.56 Å². The predicted octanol–water partition coefficient (Wildman–Crippen LogP) is 5.98. The number of hydrogen-bond donors (Lipinski definition) is 2. The molecule has 1 aromatic rings. The Balaban J connectivity index is 3.04. The molecular weight excluding hydrogens is 550 g/mol. The highest BCUT2D eigenvalue weighted by atomic mass is 16.8. The maximum atomic E-state index is 12.5. The number of benzene rings is 1. The second-order valence-corrected chi connectivity index (χ2v) is 11.4. The van der Waals surface area contributed by atoms with Crippen molar-refractivity contribution in [3.63, 3.8) is 0 Å². The third-order valence-corrected chi connectivity index (χ3v) is 6.74. The van der Waals surface area contributed by atoms with Crippen molar-refractivity contribution in [3.05, 3.63) is 23.8 Å². The topological polar surface area (TPSA) is 156 Å². The SMILES string of the molecule is CC(CN[C@@H](Cc1ccc(OC(=O)OC(C)C(C)C)c(OC(=O)OC(C)C(C)C)c1)C(=O)O)OC(=O)OC(C)C(C)C. The standard InChI is InChI=1S/C30H47NO11/c1-16(2)20(8)38-28(34)37-19(7)15-31-24(27(32)33)13-23-11-12-25(41-29(35)39-21(9)17(3)4)26(14-23)42-30(36)40-22(10)18(5)6/h11-12,14,16-22,24,31H,13,15H2,1-10H3,(H,32,33)/t19?,20?,21?,22?,24-/m0/s1. The van der Waals surface area contributed by atoms with Gasteiger partial charge in [0.15, 0.2) is 11.5 Å². The average Bonchev–Trinajstić information content (AvgIpc) is 2.87. The molecule has 5 atom stereocenters. The van der Waals surface area contributed by atoms with Gasteiger partial charge in [0.05, 0.1) is 0 Å². The van der Waals surface area contributed by atoms with Crippen molar-refractivity contribution in [1.82, 2.24) is 5.32 Å². The Labute approximate surface area is 248 Å². The van der Waals surface area contributed by atoms with Crippen molar-refractivity contribution in [2.75, 3.05) is 6.54 Å². The number of carbonyl (C=O) groups is 4. The molecule has 12 nitrogen and oxygen atoms in total. The van der Waals surface area contributed by atoms with Crippen molar-refractivity contribution >= 4 is 24.4 Å². The van der Waals surface area contributed by atoms with Crippen LogP contribution in [0.25, 0.3) is 0 Å². The van der Waals surface area contributed by atoms with Crippen molar-refractivity contribution in [3.8, 4) is 11.5 Å². The summed E-state index contributed by atoms with van der Waals surface area (Å²) in [6.45, 7) is 18.1. The van der Waals surface area contributed by atoms with Crippen LogP contribution in [0.1, 0.15) is 74.8 Å². The molecule has 0 fully saturated rings. The molecular formula is C30H47NO11. The van der Waals surface area contributed by atoms with Crippen LogP contribution in [-0.4, -0.2) is 66.5 Å². The molecule has 0 saturated heterocycles. The van der Waals surface area contributed by atoms with Gasteiger partial charge in [0, 0.05) is 6.54 Å². The van der Waals surface area contributed by atoms with Gasteiger partial charge in [-0.05, 0) is 69.6 Å². The molecule has 0 bridgehead atoms. The molecule has 0 radical (unpaired) electrons. The van der Waals surface area contributed by atoms with Crippen LogP contribution in [0, 0.1) is 17.8 Å². The van der Waals surface area contributed by atoms with E-state index in [1.165, 1.54) is 18.2 Å². The molecule has 0 aromatic heterocycles. The molecule has 0 aliphatic rings. The van der Waals surface area contributed by atoms with Crippen LogP contribution >= 0.6 is 0 Å². The fourth-order valence-corrected chi connectivity index (χ4v) is 2.96. The average molecular weight is 598 g/mol. The van der Waals surface area contributed by atoms with Crippen molar-refractivity contribution < 1.29 is 52.7 Å². The van der Waals surface area contributed by atoms with Gasteiger partial charge in [0.2, 0.25) is 0 Å². The molecule has 12 heteroatoms. The normalized spacial score (nSPS) is 14.9. The number of nitrogens with one attached hydrogen (secondary N) is 1. The Hall–Kier alpha value is -3.54. The third kappa shape index (κ3) is 13.4. The molecule has 2 N–H and O–H groups in total. The first kappa shape index (κ1) is 36.5. The number of aliphatic carboxylic acids is 1. The first-order valence-electron chi connectivity index (χ1n) is 14.2. The zero-order chi connectivity index (χ0) is 32.1. The monoisotopic (exact) mass is 597 g/mol. The molecule has 4 unspecified atom stereocenters. The van der Waals surface area contributed by atoms with Crippen LogP contribution in [0.2, 0.25) is 0 Å². The van der Waals surface area contributed by atoms with E-state index >= 15 is 0 Å². The smallest absolute Gasteiger partial charge is 0.480 e. The maximum Gasteiger partial charge on any atom is 0.514 e. The van der Waals surface area contributed by atoms with Gasteiger partial charge in [-0.1, -0.05) is 47.6 Å². The molecule has 1 aromatic carbocycles. The van der Waals surface area contributed by atoms with E-state index in [2.05, 4.69) is 5.32 Å². The first-order chi connectivity index (χ1) is 19.5. The Morgan fingerprint density at radius 2 is 1.12 bits per heavy atom. The van der Waals surface area contributed by atoms with Gasteiger partial charge in [-0.25, -0.2) is 14.4 Å². The fourth-order valence-electron chi connectivity index (χ4n) is 2.96. The van der Waals surface area contributed by atoms with E-state index < -0.39 is 48.8 Å². The maximum absolute atomic E-state index is 12.5. The minimum absolute atomic E-state index is 0.0290. The molecule has 0 aliphatic carbocycles. The molecule has 0 spiro atoms. The first-order valence-corrected chi connectivity index (χ1v) is 14.2. The summed E-state index contributed by atoms with van der Waals surface area (Å²) in [7, 11) is 0. The Bertz CT molecular complexity index is 1040. The van der Waals surface area contributed by atoms with Crippen LogP contribution < -0.4 is 14.8 Å². The molecule has 42 heavy (non-hydrogen) atoms. The number of rotatable bonds is 15. The zero-order valence-corrected chi connectivity index (χ0v) is 26.3. The van der Waals surface area contributed by atoms with Crippen LogP contribution in [0.3, 0.4) is 0 Å². The fraction of sp³-hybridized carbons (Fsp3) is 0.667. The summed E-state index contributed by atoms with van der Waals surface area (Å²) in [6, 6.07) is 3.21. The lowest BCUT2D eigenvalue weighted by atomic mass is 10.0. The van der Waals surface area contributed by atoms with Crippen LogP contribution in [-0.2, 0) is 30.2 Å². The summed E-state index contributed by atoms with van der Waals surface area (Å²) >= 11 is 0. The van der Waals surface area contributed by atoms with Gasteiger partial charge < -0.3 is 38.8 Å². The highest BCUT2D eigenvalue weighted by molar-refractivity contribution is 5.74. The Morgan fingerprint density at radius 3 is 1.57 bits per heavy atom. The lowest BCUT2D eigenvalue weighted by Crippen LogP contribution is -2.43. The van der Waals surface area contributed by atoms with Gasteiger partial charge in [-0.2, -0.15) is 0 Å². The number of carboxylic acid groups (broad SMARTS) is 1. The van der Waals surface area contributed by atoms with E-state index in [4.69, 9.17) is 28.4 Å². The summed E-state index contributed by atoms with van der Waals surface area (Å²) in [5, 5.41) is 12.6. The van der Waals surface area contributed by atoms with E-state index in [1.54, 1.807) is 27.7 Å². The summed E-state index contributed by atoms with van der Waals surface area (Å²) < 4.78 is 31.6. The molecule has 1 rings (SSSR count). The van der Waals surface area contributed by atoms with Gasteiger partial charge in [0.1, 0.15) is 30.5 Å². The van der Waals surface area contributed by atoms with E-state index in [-0.39, 0.29) is 48.3 Å². The lowest BCUT2D eigenvalue weighted by molar-refractivity contribution is -0.139. The van der Waals surface area contributed by atoms with E-state index in [9.17, 15) is 24.3 Å². The highest BCUT2D eigenvalue weighted by Gasteiger charge is 2.24. The largest absolute Gasteiger partial charge is 0.514 e. The third-order valence-electron chi connectivity index (χ3n) is 6.74. The number of hydrogen-bond acceptors (Lipinski definition) is 11. The lowest BCUT2D eigenvalue weighted by Gasteiger charge is -2.21. The quantitative estimate of drug-likeness (QED) is 0.139. The molecule has 0 aliphatic heterocycles. The number of carboxylic acids is 1. The second kappa shape index (κ2) is 17.4. The highest BCUT2D eigenvalue weighted by Crippen LogP contribution is 2.30. The minimum Gasteiger partial charge on any atom is -0.480 e. The van der Waals surface area contributed by atoms with Gasteiger partial charge >= 0.3 is 24.4 Å². The predicted molar refractivity (Wildman–Crippen MR) is 154 cm³/mol. The Kier molecular flexibility index (Phi) is 15.1. The van der Waals surface area contributed by atoms with Gasteiger partial charge in [0.25, 0.3) is 0 Å². The molecule has 0 heterocycles. The van der Waals surface area contributed by atoms with Crippen molar-refractivity contribution in [2.24, 2.45) is 17.8 Å². The van der Waals surface area contributed by atoms with E-state index in [1.807, 2.05) is 41.5 Å². The number of carbonyl (C=O) groups excluding carboxylic acids is 3. The van der Waals surface area contributed by atoms with Crippen LogP contribution in [0.15, 0.2) is 18.2 Å². The summed E-state index contributed by atoms with van der Waals surface area (Å²) in [5.41, 5.74) is 0.449. The zero-order valence-electron chi connectivity index (χ0n) is 26.3. The van der Waals surface area contributed by atoms with Crippen LogP contribution in [0.5, 0.6) is 11.5 Å².